The van der Waals surface area contributed by atoms with Crippen molar-refractivity contribution >= 4 is 33.2 Å². The summed E-state index contributed by atoms with van der Waals surface area (Å²) in [6.45, 7) is 5.07. The topological polar surface area (TPSA) is 82.7 Å². The number of halogens is 1. The number of aromatic nitrogens is 2. The van der Waals surface area contributed by atoms with Crippen LogP contribution in [0.15, 0.2) is 35.1 Å². The van der Waals surface area contributed by atoms with Crippen molar-refractivity contribution in [2.45, 2.75) is 39.7 Å². The molecule has 4 aromatic rings. The van der Waals surface area contributed by atoms with Crippen LogP contribution in [0.4, 0.5) is 0 Å². The fourth-order valence-electron chi connectivity index (χ4n) is 4.78. The SMILES string of the molecule is CCOc1cc(-c2nc3sc4c(c3c(=O)[nH]2)CCC(C)C4)cc(Cl)c1OCc1ccc2c(c1)OCO2. The number of rotatable bonds is 6. The van der Waals surface area contributed by atoms with Gasteiger partial charge >= 0.3 is 0 Å². The molecule has 1 unspecified atom stereocenters. The zero-order valence-electron chi connectivity index (χ0n) is 20.0. The van der Waals surface area contributed by atoms with E-state index in [9.17, 15) is 4.79 Å². The molecule has 186 valence electrons. The van der Waals surface area contributed by atoms with Crippen LogP contribution in [0.5, 0.6) is 23.0 Å². The van der Waals surface area contributed by atoms with E-state index in [1.165, 1.54) is 4.88 Å². The van der Waals surface area contributed by atoms with Crippen LogP contribution >= 0.6 is 22.9 Å². The van der Waals surface area contributed by atoms with Crippen LogP contribution in [0, 0.1) is 5.92 Å². The molecule has 36 heavy (non-hydrogen) atoms. The minimum Gasteiger partial charge on any atom is -0.490 e. The van der Waals surface area contributed by atoms with Gasteiger partial charge in [0.05, 0.1) is 17.0 Å². The molecule has 2 aromatic heterocycles. The number of H-pyrrole nitrogens is 1. The Kier molecular flexibility index (Phi) is 6.01. The smallest absolute Gasteiger partial charge is 0.260 e. The third-order valence-corrected chi connectivity index (χ3v) is 8.00. The summed E-state index contributed by atoms with van der Waals surface area (Å²) in [5, 5.41) is 1.10. The van der Waals surface area contributed by atoms with Gasteiger partial charge in [-0.05, 0) is 67.5 Å². The molecule has 0 saturated carbocycles. The molecule has 0 radical (unpaired) electrons. The number of fused-ring (bicyclic) bond motifs is 4. The maximum absolute atomic E-state index is 13.1. The summed E-state index contributed by atoms with van der Waals surface area (Å²) >= 11 is 8.29. The van der Waals surface area contributed by atoms with Crippen LogP contribution in [0.2, 0.25) is 5.02 Å². The molecule has 3 heterocycles. The standard InChI is InChI=1S/C27H25ClN2O5S/c1-3-32-21-11-16(10-18(28)24(21)33-12-15-5-7-19-20(9-15)35-13-34-19)25-29-26(31)23-17-6-4-14(2)8-22(17)36-27(23)30-25/h5,7,9-11,14H,3-4,6,8,12-13H2,1-2H3,(H,29,30,31). The molecule has 1 atom stereocenters. The molecule has 0 amide bonds. The summed E-state index contributed by atoms with van der Waals surface area (Å²) in [6, 6.07) is 9.22. The quantitative estimate of drug-likeness (QED) is 0.326. The highest BCUT2D eigenvalue weighted by atomic mass is 35.5. The highest BCUT2D eigenvalue weighted by Gasteiger charge is 2.24. The van der Waals surface area contributed by atoms with E-state index in [4.69, 9.17) is 35.5 Å². The van der Waals surface area contributed by atoms with E-state index >= 15 is 0 Å². The van der Waals surface area contributed by atoms with Gasteiger partial charge in [-0.3, -0.25) is 4.79 Å². The van der Waals surface area contributed by atoms with Gasteiger partial charge in [-0.1, -0.05) is 24.6 Å². The third kappa shape index (κ3) is 4.18. The average molecular weight is 525 g/mol. The average Bonchev–Trinajstić information content (AvgIpc) is 3.47. The van der Waals surface area contributed by atoms with Gasteiger partial charge in [0, 0.05) is 10.4 Å². The molecule has 0 saturated heterocycles. The van der Waals surface area contributed by atoms with Crippen molar-refractivity contribution in [3.8, 4) is 34.4 Å². The van der Waals surface area contributed by atoms with Gasteiger partial charge in [0.25, 0.3) is 5.56 Å². The number of hydrogen-bond donors (Lipinski definition) is 1. The normalized spacial score (nSPS) is 16.2. The molecule has 1 N–H and O–H groups in total. The van der Waals surface area contributed by atoms with Crippen molar-refractivity contribution in [1.29, 1.82) is 0 Å². The maximum atomic E-state index is 13.1. The molecule has 0 fully saturated rings. The third-order valence-electron chi connectivity index (χ3n) is 6.57. The molecule has 0 spiro atoms. The van der Waals surface area contributed by atoms with Gasteiger partial charge in [-0.25, -0.2) is 4.98 Å². The summed E-state index contributed by atoms with van der Waals surface area (Å²) in [5.41, 5.74) is 2.62. The van der Waals surface area contributed by atoms with Crippen molar-refractivity contribution in [2.24, 2.45) is 5.92 Å². The number of nitrogens with zero attached hydrogens (tertiary/aromatic N) is 1. The van der Waals surface area contributed by atoms with Crippen LogP contribution in [0.25, 0.3) is 21.6 Å². The molecular formula is C27H25ClN2O5S. The zero-order chi connectivity index (χ0) is 24.8. The first kappa shape index (κ1) is 23.2. The Hall–Kier alpha value is -3.23. The Balaban J connectivity index is 1.33. The minimum atomic E-state index is -0.112. The number of aryl methyl sites for hydroxylation is 1. The Bertz CT molecular complexity index is 1530. The molecule has 1 aliphatic heterocycles. The Morgan fingerprint density at radius 1 is 1.19 bits per heavy atom. The Morgan fingerprint density at radius 2 is 2.06 bits per heavy atom. The highest BCUT2D eigenvalue weighted by molar-refractivity contribution is 7.18. The molecule has 2 aromatic carbocycles. The molecule has 1 aliphatic carbocycles. The fraction of sp³-hybridized carbons (Fsp3) is 0.333. The lowest BCUT2D eigenvalue weighted by molar-refractivity contribution is 0.174. The predicted octanol–water partition coefficient (Wildman–Crippen LogP) is 6.14. The van der Waals surface area contributed by atoms with Gasteiger partial charge in [0.15, 0.2) is 23.0 Å². The van der Waals surface area contributed by atoms with Crippen molar-refractivity contribution in [3.63, 3.8) is 0 Å². The van der Waals surface area contributed by atoms with Crippen LogP contribution < -0.4 is 24.5 Å². The molecule has 2 aliphatic rings. The summed E-state index contributed by atoms with van der Waals surface area (Å²) in [4.78, 5) is 22.9. The van der Waals surface area contributed by atoms with E-state index in [1.54, 1.807) is 17.4 Å². The second kappa shape index (κ2) is 9.33. The fourth-order valence-corrected chi connectivity index (χ4v) is 6.43. The van der Waals surface area contributed by atoms with E-state index < -0.39 is 0 Å². The largest absolute Gasteiger partial charge is 0.490 e. The first-order chi connectivity index (χ1) is 17.5. The Morgan fingerprint density at radius 3 is 2.92 bits per heavy atom. The number of aromatic amines is 1. The van der Waals surface area contributed by atoms with Crippen LogP contribution in [0.1, 0.15) is 36.3 Å². The van der Waals surface area contributed by atoms with E-state index in [1.807, 2.05) is 31.2 Å². The summed E-state index contributed by atoms with van der Waals surface area (Å²) in [7, 11) is 0. The Labute approximate surface area is 216 Å². The lowest BCUT2D eigenvalue weighted by atomic mass is 9.89. The molecular weight excluding hydrogens is 500 g/mol. The van der Waals surface area contributed by atoms with Gasteiger partial charge in [-0.2, -0.15) is 0 Å². The van der Waals surface area contributed by atoms with E-state index in [-0.39, 0.29) is 19.0 Å². The first-order valence-corrected chi connectivity index (χ1v) is 13.2. The number of ether oxygens (including phenoxy) is 4. The number of hydrogen-bond acceptors (Lipinski definition) is 7. The molecule has 6 rings (SSSR count). The molecule has 0 bridgehead atoms. The summed E-state index contributed by atoms with van der Waals surface area (Å²) in [5.74, 6) is 3.42. The van der Waals surface area contributed by atoms with Gasteiger partial charge in [0.2, 0.25) is 6.79 Å². The number of thiophene rings is 1. The number of benzene rings is 2. The van der Waals surface area contributed by atoms with Crippen molar-refractivity contribution < 1.29 is 18.9 Å². The van der Waals surface area contributed by atoms with Crippen LogP contribution in [0.3, 0.4) is 0 Å². The van der Waals surface area contributed by atoms with E-state index in [0.717, 1.165) is 46.4 Å². The van der Waals surface area contributed by atoms with Crippen LogP contribution in [-0.4, -0.2) is 23.4 Å². The highest BCUT2D eigenvalue weighted by Crippen LogP contribution is 2.41. The second-order valence-corrected chi connectivity index (χ2v) is 10.6. The van der Waals surface area contributed by atoms with Gasteiger partial charge in [-0.15, -0.1) is 11.3 Å². The van der Waals surface area contributed by atoms with Gasteiger partial charge < -0.3 is 23.9 Å². The van der Waals surface area contributed by atoms with Crippen LogP contribution in [-0.2, 0) is 19.4 Å². The molecule has 7 nitrogen and oxygen atoms in total. The van der Waals surface area contributed by atoms with Gasteiger partial charge in [0.1, 0.15) is 17.3 Å². The van der Waals surface area contributed by atoms with Crippen molar-refractivity contribution in [2.75, 3.05) is 13.4 Å². The molecule has 9 heteroatoms. The van der Waals surface area contributed by atoms with E-state index in [0.29, 0.717) is 46.2 Å². The van der Waals surface area contributed by atoms with Crippen molar-refractivity contribution in [1.82, 2.24) is 9.97 Å². The summed E-state index contributed by atoms with van der Waals surface area (Å²) < 4.78 is 22.8. The summed E-state index contributed by atoms with van der Waals surface area (Å²) in [6.07, 6.45) is 3.03. The lowest BCUT2D eigenvalue weighted by Gasteiger charge is -2.17. The first-order valence-electron chi connectivity index (χ1n) is 12.0. The maximum Gasteiger partial charge on any atom is 0.260 e. The van der Waals surface area contributed by atoms with E-state index in [2.05, 4.69) is 11.9 Å². The lowest BCUT2D eigenvalue weighted by Crippen LogP contribution is -2.13. The predicted molar refractivity (Wildman–Crippen MR) is 140 cm³/mol. The van der Waals surface area contributed by atoms with Crippen molar-refractivity contribution in [3.05, 3.63) is 61.7 Å². The zero-order valence-corrected chi connectivity index (χ0v) is 21.6. The second-order valence-electron chi connectivity index (χ2n) is 9.14. The minimum absolute atomic E-state index is 0.112. The monoisotopic (exact) mass is 524 g/mol. The number of nitrogens with one attached hydrogen (secondary N) is 1.